The zero-order valence-electron chi connectivity index (χ0n) is 14.3. The van der Waals surface area contributed by atoms with Crippen LogP contribution >= 0.6 is 23.5 Å². The fourth-order valence-electron chi connectivity index (χ4n) is 3.08. The summed E-state index contributed by atoms with van der Waals surface area (Å²) in [6.45, 7) is 0.526. The van der Waals surface area contributed by atoms with Gasteiger partial charge in [-0.3, -0.25) is 0 Å². The third kappa shape index (κ3) is 8.82. The molecule has 2 unspecified atom stereocenters. The molecule has 0 radical (unpaired) electrons. The first-order valence-corrected chi connectivity index (χ1v) is 13.0. The summed E-state index contributed by atoms with van der Waals surface area (Å²) in [7, 11) is -8.38. The molecule has 0 bridgehead atoms. The van der Waals surface area contributed by atoms with Crippen LogP contribution in [0.3, 0.4) is 0 Å². The average Bonchev–Trinajstić information content (AvgIpc) is 2.80. The van der Waals surface area contributed by atoms with Crippen LogP contribution in [-0.2, 0) is 20.2 Å². The minimum Gasteiger partial charge on any atom is -0.748 e. The molecule has 12 heteroatoms. The normalized spacial score (nSPS) is 24.1. The Morgan fingerprint density at radius 2 is 1.64 bits per heavy atom. The predicted octanol–water partition coefficient (Wildman–Crippen LogP) is -1.98. The third-order valence-electron chi connectivity index (χ3n) is 4.11. The third-order valence-corrected chi connectivity index (χ3v) is 8.59. The van der Waals surface area contributed by atoms with E-state index in [1.54, 1.807) is 11.8 Å². The Labute approximate surface area is 180 Å². The molecule has 0 N–H and O–H groups in total. The Kier molecular flexibility index (Phi) is 10.3. The molecular formula is C13H22NNaO6S4. The predicted molar refractivity (Wildman–Crippen MR) is 94.6 cm³/mol. The molecule has 1 heterocycles. The van der Waals surface area contributed by atoms with Crippen molar-refractivity contribution in [3.05, 3.63) is 0 Å². The van der Waals surface area contributed by atoms with E-state index in [9.17, 15) is 25.9 Å². The van der Waals surface area contributed by atoms with Gasteiger partial charge in [-0.05, 0) is 31.0 Å². The van der Waals surface area contributed by atoms with Crippen molar-refractivity contribution in [1.29, 1.82) is 0 Å². The molecule has 1 aliphatic heterocycles. The molecule has 0 amide bonds. The van der Waals surface area contributed by atoms with E-state index in [2.05, 4.69) is 4.58 Å². The molecule has 0 spiro atoms. The van der Waals surface area contributed by atoms with Gasteiger partial charge in [0.15, 0.2) is 6.04 Å². The molecule has 1 fully saturated rings. The summed E-state index contributed by atoms with van der Waals surface area (Å²) >= 11 is 3.30. The van der Waals surface area contributed by atoms with Gasteiger partial charge in [0.1, 0.15) is 6.54 Å². The molecule has 0 aromatic carbocycles. The van der Waals surface area contributed by atoms with Crippen LogP contribution in [0.25, 0.3) is 0 Å². The molecule has 140 valence electrons. The van der Waals surface area contributed by atoms with Crippen molar-refractivity contribution in [3.63, 3.8) is 0 Å². The first-order chi connectivity index (χ1) is 11.2. The van der Waals surface area contributed by atoms with Gasteiger partial charge in [-0.1, -0.05) is 18.2 Å². The van der Waals surface area contributed by atoms with E-state index >= 15 is 0 Å². The molecule has 7 nitrogen and oxygen atoms in total. The van der Waals surface area contributed by atoms with Crippen LogP contribution in [0.4, 0.5) is 0 Å². The van der Waals surface area contributed by atoms with E-state index in [0.717, 1.165) is 23.6 Å². The van der Waals surface area contributed by atoms with Crippen molar-refractivity contribution in [2.45, 2.75) is 49.8 Å². The zero-order valence-corrected chi connectivity index (χ0v) is 19.5. The van der Waals surface area contributed by atoms with Gasteiger partial charge in [-0.25, -0.2) is 21.4 Å². The van der Waals surface area contributed by atoms with Gasteiger partial charge in [-0.2, -0.15) is 0 Å². The molecule has 1 aliphatic carbocycles. The summed E-state index contributed by atoms with van der Waals surface area (Å²) in [5.41, 5.74) is 0. The number of thioether (sulfide) groups is 2. The Hall–Kier alpha value is 1.19. The average molecular weight is 440 g/mol. The van der Waals surface area contributed by atoms with E-state index in [1.807, 2.05) is 0 Å². The van der Waals surface area contributed by atoms with Crippen molar-refractivity contribution >= 4 is 48.1 Å². The maximum atomic E-state index is 10.8. The minimum atomic E-state index is -4.20. The van der Waals surface area contributed by atoms with Crippen LogP contribution in [0.1, 0.15) is 38.5 Å². The van der Waals surface area contributed by atoms with Crippen molar-refractivity contribution in [2.75, 3.05) is 23.8 Å². The minimum absolute atomic E-state index is 0. The van der Waals surface area contributed by atoms with Crippen LogP contribution in [0.5, 0.6) is 0 Å². The molecular weight excluding hydrogens is 417 g/mol. The summed E-state index contributed by atoms with van der Waals surface area (Å²) in [4.78, 5) is 0. The summed E-state index contributed by atoms with van der Waals surface area (Å²) in [6.07, 6.45) is 5.10. The van der Waals surface area contributed by atoms with E-state index in [0.29, 0.717) is 36.4 Å². The van der Waals surface area contributed by atoms with Gasteiger partial charge in [0.05, 0.1) is 25.5 Å². The molecule has 0 aromatic rings. The van der Waals surface area contributed by atoms with Gasteiger partial charge in [0.25, 0.3) is 4.38 Å². The maximum absolute atomic E-state index is 10.8. The Morgan fingerprint density at radius 3 is 2.28 bits per heavy atom. The second kappa shape index (κ2) is 10.7. The topological polar surface area (TPSA) is 117 Å². The van der Waals surface area contributed by atoms with Crippen molar-refractivity contribution in [2.24, 2.45) is 0 Å². The molecule has 2 aliphatic rings. The number of fused-ring (bicyclic) bond motifs is 1. The first-order valence-electron chi connectivity index (χ1n) is 7.96. The molecule has 1 saturated carbocycles. The fraction of sp³-hybridized carbons (Fsp3) is 0.923. The summed E-state index contributed by atoms with van der Waals surface area (Å²) < 4.78 is 67.6. The number of rotatable bonds is 8. The second-order valence-corrected chi connectivity index (χ2v) is 11.7. The standard InChI is InChI=1S/C13H23NO6S4.Na/c15-23(16,17)9-3-7-14-11-5-1-2-6-12(11)22-13(14)21-8-4-10-24(18,19)20;/h11-12H,1-10H2,(H-,15,16,17,18,19,20);/q;+1/p-1. The van der Waals surface area contributed by atoms with E-state index in [1.165, 1.54) is 18.2 Å². The van der Waals surface area contributed by atoms with Gasteiger partial charge >= 0.3 is 29.6 Å². The van der Waals surface area contributed by atoms with Crippen LogP contribution < -0.4 is 29.6 Å². The number of hydrogen-bond donors (Lipinski definition) is 0. The Bertz CT molecular complexity index is 679. The van der Waals surface area contributed by atoms with Crippen LogP contribution in [0.15, 0.2) is 0 Å². The molecule has 0 aromatic heterocycles. The van der Waals surface area contributed by atoms with E-state index < -0.39 is 20.2 Å². The van der Waals surface area contributed by atoms with Crippen molar-refractivity contribution < 1.29 is 60.1 Å². The van der Waals surface area contributed by atoms with Gasteiger partial charge in [0, 0.05) is 30.1 Å². The van der Waals surface area contributed by atoms with Crippen LogP contribution in [0.2, 0.25) is 0 Å². The van der Waals surface area contributed by atoms with Gasteiger partial charge in [-0.15, -0.1) is 0 Å². The van der Waals surface area contributed by atoms with Crippen LogP contribution in [0, 0.1) is 0 Å². The van der Waals surface area contributed by atoms with Gasteiger partial charge in [0.2, 0.25) is 0 Å². The molecule has 2 rings (SSSR count). The van der Waals surface area contributed by atoms with E-state index in [-0.39, 0.29) is 41.1 Å². The number of nitrogens with zero attached hydrogens (tertiary/aromatic N) is 1. The van der Waals surface area contributed by atoms with Crippen molar-refractivity contribution in [1.82, 2.24) is 0 Å². The largest absolute Gasteiger partial charge is 1.00 e. The monoisotopic (exact) mass is 439 g/mol. The zero-order chi connectivity index (χ0) is 17.8. The summed E-state index contributed by atoms with van der Waals surface area (Å²) in [6, 6.07) is 0.365. The molecule has 0 saturated heterocycles. The van der Waals surface area contributed by atoms with Crippen molar-refractivity contribution in [3.8, 4) is 0 Å². The maximum Gasteiger partial charge on any atom is 1.00 e. The number of hydrogen-bond acceptors (Lipinski definition) is 8. The SMILES string of the molecule is O=S(=O)([O-])CCCSC1=[N+](CCCS(=O)(=O)[O-])C2CCCCC2S1.[Na+]. The second-order valence-electron chi connectivity index (χ2n) is 6.05. The molecule has 2 atom stereocenters. The first kappa shape index (κ1) is 24.2. The Morgan fingerprint density at radius 1 is 1.04 bits per heavy atom. The molecule has 25 heavy (non-hydrogen) atoms. The quantitative estimate of drug-likeness (QED) is 0.185. The smallest absolute Gasteiger partial charge is 0.748 e. The van der Waals surface area contributed by atoms with Gasteiger partial charge < -0.3 is 9.11 Å². The summed E-state index contributed by atoms with van der Waals surface area (Å²) in [5, 5.41) is 0.480. The van der Waals surface area contributed by atoms with E-state index in [4.69, 9.17) is 0 Å². The van der Waals surface area contributed by atoms with Crippen LogP contribution in [-0.4, -0.2) is 70.0 Å². The fourth-order valence-corrected chi connectivity index (χ4v) is 7.34. The summed E-state index contributed by atoms with van der Waals surface area (Å²) in [5.74, 6) is -0.184. The Balaban J connectivity index is 0.00000312.